The largest absolute Gasteiger partial charge is 0.319 e. The molecule has 0 saturated carbocycles. The highest BCUT2D eigenvalue weighted by molar-refractivity contribution is 6.30. The van der Waals surface area contributed by atoms with E-state index in [1.54, 1.807) is 6.07 Å². The molecule has 0 spiro atoms. The van der Waals surface area contributed by atoms with Crippen LogP contribution in [0.25, 0.3) is 0 Å². The Morgan fingerprint density at radius 3 is 2.55 bits per heavy atom. The Kier molecular flexibility index (Phi) is 3.67. The van der Waals surface area contributed by atoms with Gasteiger partial charge in [-0.2, -0.15) is 0 Å². The quantitative estimate of drug-likeness (QED) is 0.859. The fourth-order valence-corrected chi connectivity index (χ4v) is 3.21. The number of nitrogens with zero attached hydrogens (tertiary/aromatic N) is 2. The van der Waals surface area contributed by atoms with Gasteiger partial charge in [0, 0.05) is 24.7 Å². The lowest BCUT2D eigenvalue weighted by Crippen LogP contribution is -2.68. The van der Waals surface area contributed by atoms with E-state index in [9.17, 15) is 9.18 Å². The van der Waals surface area contributed by atoms with Crippen LogP contribution in [0.5, 0.6) is 0 Å². The summed E-state index contributed by atoms with van der Waals surface area (Å²) in [4.78, 5) is 14.6. The van der Waals surface area contributed by atoms with E-state index >= 15 is 0 Å². The van der Waals surface area contributed by atoms with Crippen LogP contribution in [0, 0.1) is 5.82 Å². The third-order valence-electron chi connectivity index (χ3n) is 4.36. The van der Waals surface area contributed by atoms with E-state index in [0.717, 1.165) is 43.8 Å². The summed E-state index contributed by atoms with van der Waals surface area (Å²) in [6.45, 7) is 6.63. The molecule has 0 radical (unpaired) electrons. The maximum Gasteiger partial charge on any atom is 0.279 e. The van der Waals surface area contributed by atoms with Crippen molar-refractivity contribution in [2.45, 2.75) is 0 Å². The number of anilines is 1. The van der Waals surface area contributed by atoms with Crippen LogP contribution in [-0.2, 0) is 4.79 Å². The van der Waals surface area contributed by atoms with Crippen LogP contribution >= 0.6 is 11.6 Å². The van der Waals surface area contributed by atoms with Crippen LogP contribution in [-0.4, -0.2) is 61.1 Å². The number of carbonyl (C=O) groups excluding carboxylic acids is 1. The molecule has 2 bridgehead atoms. The molecule has 3 heterocycles. The van der Waals surface area contributed by atoms with Gasteiger partial charge in [0.25, 0.3) is 5.91 Å². The Bertz CT molecular complexity index is 515. The smallest absolute Gasteiger partial charge is 0.279 e. The lowest BCUT2D eigenvalue weighted by atomic mass is 10.1. The molecule has 4 nitrogen and oxygen atoms in total. The molecule has 108 valence electrons. The lowest BCUT2D eigenvalue weighted by Gasteiger charge is -2.50. The average molecular weight is 299 g/mol. The summed E-state index contributed by atoms with van der Waals surface area (Å²) in [6.07, 6.45) is 0. The zero-order valence-electron chi connectivity index (χ0n) is 11.2. The molecule has 4 rings (SSSR count). The molecule has 3 aliphatic heterocycles. The standard InChI is InChI=1S/C14H17ClFN3O/c15-11-1-2-13(12(16)9-11)17-14(20)10-19-6-3-18(4-7-19)5-8-19/h1-2,9H,3-8,10H2/p+1. The van der Waals surface area contributed by atoms with Gasteiger partial charge in [-0.05, 0) is 18.2 Å². The number of fused-ring (bicyclic) bond motifs is 3. The first-order valence-electron chi connectivity index (χ1n) is 6.89. The van der Waals surface area contributed by atoms with Crippen LogP contribution in [0.4, 0.5) is 10.1 Å². The summed E-state index contributed by atoms with van der Waals surface area (Å²) in [5.74, 6) is -0.615. The predicted octanol–water partition coefficient (Wildman–Crippen LogP) is 1.56. The molecule has 1 amide bonds. The molecule has 0 aliphatic carbocycles. The summed E-state index contributed by atoms with van der Waals surface area (Å²) in [5, 5.41) is 2.99. The Labute approximate surface area is 122 Å². The molecule has 3 fully saturated rings. The van der Waals surface area contributed by atoms with E-state index < -0.39 is 5.82 Å². The van der Waals surface area contributed by atoms with Gasteiger partial charge in [0.1, 0.15) is 5.82 Å². The van der Waals surface area contributed by atoms with Crippen molar-refractivity contribution in [3.8, 4) is 0 Å². The van der Waals surface area contributed by atoms with Crippen LogP contribution in [0.3, 0.4) is 0 Å². The third-order valence-corrected chi connectivity index (χ3v) is 4.59. The van der Waals surface area contributed by atoms with Crippen molar-refractivity contribution in [3.05, 3.63) is 29.0 Å². The van der Waals surface area contributed by atoms with Crippen molar-refractivity contribution in [1.29, 1.82) is 0 Å². The van der Waals surface area contributed by atoms with Crippen LogP contribution in [0.2, 0.25) is 5.02 Å². The van der Waals surface area contributed by atoms with Crippen molar-refractivity contribution < 1.29 is 13.7 Å². The second-order valence-electron chi connectivity index (χ2n) is 5.68. The molecule has 1 N–H and O–H groups in total. The van der Waals surface area contributed by atoms with Crippen molar-refractivity contribution in [2.24, 2.45) is 0 Å². The molecule has 0 aromatic heterocycles. The van der Waals surface area contributed by atoms with Gasteiger partial charge in [-0.3, -0.25) is 9.69 Å². The minimum Gasteiger partial charge on any atom is -0.319 e. The van der Waals surface area contributed by atoms with E-state index in [-0.39, 0.29) is 11.6 Å². The average Bonchev–Trinajstić information content (AvgIpc) is 2.43. The molecule has 0 atom stereocenters. The first-order chi connectivity index (χ1) is 9.56. The Balaban J connectivity index is 1.64. The first-order valence-corrected chi connectivity index (χ1v) is 7.27. The van der Waals surface area contributed by atoms with Gasteiger partial charge < -0.3 is 9.80 Å². The summed E-state index contributed by atoms with van der Waals surface area (Å²) >= 11 is 5.70. The van der Waals surface area contributed by atoms with Gasteiger partial charge in [0.2, 0.25) is 0 Å². The molecule has 0 unspecified atom stereocenters. The van der Waals surface area contributed by atoms with Crippen LogP contribution in [0.15, 0.2) is 18.2 Å². The number of quaternary nitrogens is 1. The van der Waals surface area contributed by atoms with E-state index in [0.29, 0.717) is 11.6 Å². The zero-order valence-corrected chi connectivity index (χ0v) is 12.0. The number of piperazine rings is 3. The zero-order chi connectivity index (χ0) is 14.2. The normalized spacial score (nSPS) is 28.4. The highest BCUT2D eigenvalue weighted by Gasteiger charge is 2.39. The van der Waals surface area contributed by atoms with Gasteiger partial charge in [0.05, 0.1) is 25.3 Å². The second-order valence-corrected chi connectivity index (χ2v) is 6.12. The molecular formula is C14H18ClFN3O+. The van der Waals surface area contributed by atoms with Crippen LogP contribution < -0.4 is 5.32 Å². The van der Waals surface area contributed by atoms with Crippen LogP contribution in [0.1, 0.15) is 0 Å². The minimum atomic E-state index is -0.491. The number of benzene rings is 1. The number of halogens is 2. The Morgan fingerprint density at radius 2 is 1.95 bits per heavy atom. The topological polar surface area (TPSA) is 32.3 Å². The van der Waals surface area contributed by atoms with Gasteiger partial charge in [0.15, 0.2) is 6.54 Å². The number of hydrogen-bond acceptors (Lipinski definition) is 2. The fraction of sp³-hybridized carbons (Fsp3) is 0.500. The van der Waals surface area contributed by atoms with Gasteiger partial charge in [-0.15, -0.1) is 0 Å². The SMILES string of the molecule is O=C(C[N+]12CCN(CC1)CC2)Nc1ccc(Cl)cc1F. The van der Waals surface area contributed by atoms with Gasteiger partial charge >= 0.3 is 0 Å². The molecule has 20 heavy (non-hydrogen) atoms. The Morgan fingerprint density at radius 1 is 1.30 bits per heavy atom. The molecule has 3 saturated heterocycles. The molecule has 1 aromatic carbocycles. The number of rotatable bonds is 3. The lowest BCUT2D eigenvalue weighted by molar-refractivity contribution is -0.933. The number of nitrogens with one attached hydrogen (secondary N) is 1. The maximum atomic E-state index is 13.7. The number of amides is 1. The van der Waals surface area contributed by atoms with E-state index in [4.69, 9.17) is 11.6 Å². The summed E-state index contributed by atoms with van der Waals surface area (Å²) in [7, 11) is 0. The molecule has 6 heteroatoms. The van der Waals surface area contributed by atoms with E-state index in [1.807, 2.05) is 0 Å². The van der Waals surface area contributed by atoms with Crippen molar-refractivity contribution in [2.75, 3.05) is 51.1 Å². The van der Waals surface area contributed by atoms with Crippen molar-refractivity contribution >= 4 is 23.2 Å². The van der Waals surface area contributed by atoms with E-state index in [2.05, 4.69) is 10.2 Å². The predicted molar refractivity (Wildman–Crippen MR) is 76.2 cm³/mol. The summed E-state index contributed by atoms with van der Waals surface area (Å²) in [6, 6.07) is 4.29. The summed E-state index contributed by atoms with van der Waals surface area (Å²) in [5.41, 5.74) is 0.202. The Hall–Kier alpha value is -1.17. The van der Waals surface area contributed by atoms with Gasteiger partial charge in [-0.25, -0.2) is 4.39 Å². The maximum absolute atomic E-state index is 13.7. The highest BCUT2D eigenvalue weighted by atomic mass is 35.5. The fourth-order valence-electron chi connectivity index (χ4n) is 3.05. The van der Waals surface area contributed by atoms with Crippen molar-refractivity contribution in [3.63, 3.8) is 0 Å². The summed E-state index contributed by atoms with van der Waals surface area (Å²) < 4.78 is 14.5. The number of hydrogen-bond donors (Lipinski definition) is 1. The number of carbonyl (C=O) groups is 1. The minimum absolute atomic E-state index is 0.124. The van der Waals surface area contributed by atoms with Crippen molar-refractivity contribution in [1.82, 2.24) is 4.90 Å². The highest BCUT2D eigenvalue weighted by Crippen LogP contribution is 2.21. The van der Waals surface area contributed by atoms with Gasteiger partial charge in [-0.1, -0.05) is 11.6 Å². The second kappa shape index (κ2) is 5.31. The third kappa shape index (κ3) is 2.80. The van der Waals surface area contributed by atoms with E-state index in [1.165, 1.54) is 12.1 Å². The monoisotopic (exact) mass is 298 g/mol. The molecule has 3 aliphatic rings. The first kappa shape index (κ1) is 13.8. The molecule has 1 aromatic rings. The molecular weight excluding hydrogens is 281 g/mol.